The molecule has 6 nitrogen and oxygen atoms in total. The van der Waals surface area contributed by atoms with Crippen LogP contribution >= 0.6 is 0 Å². The van der Waals surface area contributed by atoms with Crippen LogP contribution < -0.4 is 5.73 Å². The van der Waals surface area contributed by atoms with Crippen LogP contribution in [0.3, 0.4) is 0 Å². The van der Waals surface area contributed by atoms with E-state index in [4.69, 9.17) is 15.7 Å². The number of nitrogens with zero attached hydrogens (tertiary/aromatic N) is 3. The molecule has 1 heterocycles. The number of nitrogens with two attached hydrogens (primary N) is 1. The smallest absolute Gasteiger partial charge is 0.358 e. The van der Waals surface area contributed by atoms with Crippen molar-refractivity contribution < 1.29 is 9.53 Å². The number of ether oxygens (including phenoxy) is 1. The molecular formula is C11H16N4O2. The summed E-state index contributed by atoms with van der Waals surface area (Å²) in [5.41, 5.74) is 6.98. The van der Waals surface area contributed by atoms with Crippen molar-refractivity contribution in [3.8, 4) is 6.07 Å². The lowest BCUT2D eigenvalue weighted by Gasteiger charge is -2.04. The van der Waals surface area contributed by atoms with Crippen LogP contribution in [0.5, 0.6) is 0 Å². The average Bonchev–Trinajstić information content (AvgIpc) is 2.53. The van der Waals surface area contributed by atoms with Crippen LogP contribution in [0.15, 0.2) is 0 Å². The van der Waals surface area contributed by atoms with Gasteiger partial charge in [-0.25, -0.2) is 4.79 Å². The topological polar surface area (TPSA) is 93.9 Å². The number of hydrogen-bond acceptors (Lipinski definition) is 5. The van der Waals surface area contributed by atoms with Crippen LogP contribution in [-0.2, 0) is 11.8 Å². The predicted molar refractivity (Wildman–Crippen MR) is 62.1 cm³/mol. The summed E-state index contributed by atoms with van der Waals surface area (Å²) in [6.07, 6.45) is 1.88. The van der Waals surface area contributed by atoms with E-state index in [1.54, 1.807) is 14.0 Å². The molecule has 92 valence electrons. The SMILES string of the molecule is Cc1nn(C)c(C(=O)OCCCCC#N)c1N. The Balaban J connectivity index is 2.50. The highest BCUT2D eigenvalue weighted by Gasteiger charge is 2.18. The fraction of sp³-hybridized carbons (Fsp3) is 0.545. The Labute approximate surface area is 100.0 Å². The molecule has 0 unspecified atom stereocenters. The van der Waals surface area contributed by atoms with Crippen molar-refractivity contribution in [1.29, 1.82) is 5.26 Å². The number of aryl methyl sites for hydroxylation is 2. The molecule has 0 aliphatic carbocycles. The highest BCUT2D eigenvalue weighted by molar-refractivity contribution is 5.93. The molecular weight excluding hydrogens is 220 g/mol. The van der Waals surface area contributed by atoms with E-state index in [-0.39, 0.29) is 5.69 Å². The summed E-state index contributed by atoms with van der Waals surface area (Å²) in [6.45, 7) is 2.03. The van der Waals surface area contributed by atoms with E-state index in [1.165, 1.54) is 4.68 Å². The molecule has 0 fully saturated rings. The normalized spacial score (nSPS) is 9.94. The zero-order valence-corrected chi connectivity index (χ0v) is 10.1. The van der Waals surface area contributed by atoms with Crippen LogP contribution in [0.2, 0.25) is 0 Å². The molecule has 0 aliphatic heterocycles. The summed E-state index contributed by atoms with van der Waals surface area (Å²) < 4.78 is 6.48. The lowest BCUT2D eigenvalue weighted by atomic mass is 10.2. The van der Waals surface area contributed by atoms with E-state index >= 15 is 0 Å². The molecule has 17 heavy (non-hydrogen) atoms. The predicted octanol–water partition coefficient (Wildman–Crippen LogP) is 1.16. The molecule has 1 aromatic heterocycles. The minimum atomic E-state index is -0.470. The molecule has 0 bridgehead atoms. The van der Waals surface area contributed by atoms with Crippen molar-refractivity contribution in [2.24, 2.45) is 7.05 Å². The Hall–Kier alpha value is -2.03. The van der Waals surface area contributed by atoms with Crippen molar-refractivity contribution in [1.82, 2.24) is 9.78 Å². The maximum absolute atomic E-state index is 11.7. The minimum Gasteiger partial charge on any atom is -0.461 e. The van der Waals surface area contributed by atoms with Gasteiger partial charge in [-0.1, -0.05) is 0 Å². The highest BCUT2D eigenvalue weighted by Crippen LogP contribution is 2.16. The summed E-state index contributed by atoms with van der Waals surface area (Å²) >= 11 is 0. The molecule has 1 rings (SSSR count). The van der Waals surface area contributed by atoms with Crippen LogP contribution in [0, 0.1) is 18.3 Å². The summed E-state index contributed by atoms with van der Waals surface area (Å²) in [6, 6.07) is 2.03. The quantitative estimate of drug-likeness (QED) is 0.611. The van der Waals surface area contributed by atoms with Crippen molar-refractivity contribution >= 4 is 11.7 Å². The molecule has 2 N–H and O–H groups in total. The fourth-order valence-electron chi connectivity index (χ4n) is 1.46. The molecule has 1 aromatic rings. The van der Waals surface area contributed by atoms with Gasteiger partial charge < -0.3 is 10.5 Å². The first-order valence-electron chi connectivity index (χ1n) is 5.41. The average molecular weight is 236 g/mol. The van der Waals surface area contributed by atoms with Gasteiger partial charge in [0.25, 0.3) is 0 Å². The second-order valence-electron chi connectivity index (χ2n) is 3.72. The van der Waals surface area contributed by atoms with Crippen LogP contribution in [0.4, 0.5) is 5.69 Å². The Morgan fingerprint density at radius 1 is 1.59 bits per heavy atom. The van der Waals surface area contributed by atoms with Gasteiger partial charge in [0.15, 0.2) is 5.69 Å². The molecule has 0 aliphatic rings. The Morgan fingerprint density at radius 3 is 2.82 bits per heavy atom. The number of rotatable bonds is 5. The minimum absolute atomic E-state index is 0.280. The van der Waals surface area contributed by atoms with E-state index in [9.17, 15) is 4.79 Å². The van der Waals surface area contributed by atoms with Gasteiger partial charge in [0.05, 0.1) is 24.1 Å². The van der Waals surface area contributed by atoms with Gasteiger partial charge in [-0.15, -0.1) is 0 Å². The van der Waals surface area contributed by atoms with Gasteiger partial charge in [0.1, 0.15) is 0 Å². The van der Waals surface area contributed by atoms with E-state index < -0.39 is 5.97 Å². The molecule has 0 aromatic carbocycles. The zero-order valence-electron chi connectivity index (χ0n) is 10.1. The molecule has 0 amide bonds. The monoisotopic (exact) mass is 236 g/mol. The number of aromatic nitrogens is 2. The number of anilines is 1. The first-order valence-corrected chi connectivity index (χ1v) is 5.41. The first-order chi connectivity index (χ1) is 8.07. The first kappa shape index (κ1) is 13.0. The van der Waals surface area contributed by atoms with Crippen molar-refractivity contribution in [3.63, 3.8) is 0 Å². The number of esters is 1. The fourth-order valence-corrected chi connectivity index (χ4v) is 1.46. The van der Waals surface area contributed by atoms with Crippen LogP contribution in [-0.4, -0.2) is 22.4 Å². The second kappa shape index (κ2) is 5.89. The van der Waals surface area contributed by atoms with E-state index in [0.717, 1.165) is 6.42 Å². The van der Waals surface area contributed by atoms with E-state index in [2.05, 4.69) is 5.10 Å². The van der Waals surface area contributed by atoms with E-state index in [0.29, 0.717) is 30.8 Å². The zero-order chi connectivity index (χ0) is 12.8. The Morgan fingerprint density at radius 2 is 2.29 bits per heavy atom. The van der Waals surface area contributed by atoms with Gasteiger partial charge in [-0.2, -0.15) is 10.4 Å². The van der Waals surface area contributed by atoms with Gasteiger partial charge in [0.2, 0.25) is 0 Å². The van der Waals surface area contributed by atoms with Gasteiger partial charge in [-0.05, 0) is 19.8 Å². The molecule has 6 heteroatoms. The number of carbonyl (C=O) groups excluding carboxylic acids is 1. The summed E-state index contributed by atoms with van der Waals surface area (Å²) in [4.78, 5) is 11.7. The van der Waals surface area contributed by atoms with Crippen LogP contribution in [0.25, 0.3) is 0 Å². The van der Waals surface area contributed by atoms with Crippen LogP contribution in [0.1, 0.15) is 35.4 Å². The number of unbranched alkanes of at least 4 members (excludes halogenated alkanes) is 2. The summed E-state index contributed by atoms with van der Waals surface area (Å²) in [5, 5.41) is 12.4. The number of carbonyl (C=O) groups is 1. The summed E-state index contributed by atoms with van der Waals surface area (Å²) in [5.74, 6) is -0.470. The van der Waals surface area contributed by atoms with Gasteiger partial charge >= 0.3 is 5.97 Å². The van der Waals surface area contributed by atoms with Crippen molar-refractivity contribution in [3.05, 3.63) is 11.4 Å². The Kier molecular flexibility index (Phi) is 4.52. The molecule has 0 radical (unpaired) electrons. The lowest BCUT2D eigenvalue weighted by Crippen LogP contribution is -2.13. The van der Waals surface area contributed by atoms with E-state index in [1.807, 2.05) is 6.07 Å². The van der Waals surface area contributed by atoms with Gasteiger partial charge in [-0.3, -0.25) is 4.68 Å². The molecule has 0 atom stereocenters. The maximum Gasteiger partial charge on any atom is 0.358 e. The third-order valence-corrected chi connectivity index (χ3v) is 2.38. The Bertz CT molecular complexity index is 445. The number of nitriles is 1. The summed E-state index contributed by atoms with van der Waals surface area (Å²) in [7, 11) is 1.65. The molecule has 0 saturated carbocycles. The standard InChI is InChI=1S/C11H16N4O2/c1-8-9(13)10(15(2)14-8)11(16)17-7-5-3-4-6-12/h3-5,7,13H2,1-2H3. The highest BCUT2D eigenvalue weighted by atomic mass is 16.5. The van der Waals surface area contributed by atoms with Crippen molar-refractivity contribution in [2.75, 3.05) is 12.3 Å². The van der Waals surface area contributed by atoms with Crippen molar-refractivity contribution in [2.45, 2.75) is 26.2 Å². The third kappa shape index (κ3) is 3.21. The number of nitrogen functional groups attached to an aromatic ring is 1. The number of hydrogen-bond donors (Lipinski definition) is 1. The lowest BCUT2D eigenvalue weighted by molar-refractivity contribution is 0.0487. The van der Waals surface area contributed by atoms with Gasteiger partial charge in [0, 0.05) is 13.5 Å². The maximum atomic E-state index is 11.7. The third-order valence-electron chi connectivity index (χ3n) is 2.38. The largest absolute Gasteiger partial charge is 0.461 e. The molecule has 0 saturated heterocycles. The molecule has 0 spiro atoms. The second-order valence-corrected chi connectivity index (χ2v) is 3.72.